The molecule has 1 aromatic carbocycles. The van der Waals surface area contributed by atoms with Crippen LogP contribution in [0, 0.1) is 6.92 Å². The Morgan fingerprint density at radius 1 is 1.33 bits per heavy atom. The van der Waals surface area contributed by atoms with E-state index in [-0.39, 0.29) is 11.5 Å². The van der Waals surface area contributed by atoms with Gasteiger partial charge >= 0.3 is 5.97 Å². The first-order valence-electron chi connectivity index (χ1n) is 6.60. The van der Waals surface area contributed by atoms with E-state index >= 15 is 0 Å². The third-order valence-electron chi connectivity index (χ3n) is 3.70. The van der Waals surface area contributed by atoms with Gasteiger partial charge in [0.25, 0.3) is 5.91 Å². The monoisotopic (exact) mass is 286 g/mol. The molecule has 1 aliphatic rings. The third kappa shape index (κ3) is 2.40. The van der Waals surface area contributed by atoms with Gasteiger partial charge in [0.1, 0.15) is 5.76 Å². The van der Waals surface area contributed by atoms with E-state index in [2.05, 4.69) is 4.98 Å². The molecule has 6 nitrogen and oxygen atoms in total. The Balaban J connectivity index is 1.87. The van der Waals surface area contributed by atoms with Gasteiger partial charge in [-0.1, -0.05) is 6.07 Å². The summed E-state index contributed by atoms with van der Waals surface area (Å²) in [5, 5.41) is 9.05. The molecule has 0 atom stereocenters. The molecule has 1 aliphatic heterocycles. The second-order valence-corrected chi connectivity index (χ2v) is 5.02. The molecule has 1 amide bonds. The summed E-state index contributed by atoms with van der Waals surface area (Å²) in [7, 11) is 0. The van der Waals surface area contributed by atoms with Crippen LogP contribution in [-0.4, -0.2) is 33.4 Å². The number of nitrogens with zero attached hydrogens (tertiary/aromatic N) is 2. The van der Waals surface area contributed by atoms with Crippen LogP contribution in [-0.2, 0) is 13.0 Å². The third-order valence-corrected chi connectivity index (χ3v) is 3.70. The summed E-state index contributed by atoms with van der Waals surface area (Å²) in [4.78, 5) is 29.0. The van der Waals surface area contributed by atoms with E-state index < -0.39 is 5.97 Å². The van der Waals surface area contributed by atoms with E-state index in [1.165, 1.54) is 6.39 Å². The van der Waals surface area contributed by atoms with Crippen molar-refractivity contribution < 1.29 is 19.1 Å². The first-order valence-corrected chi connectivity index (χ1v) is 6.60. The van der Waals surface area contributed by atoms with Crippen molar-refractivity contribution in [1.82, 2.24) is 9.88 Å². The number of carbonyl (C=O) groups excluding carboxylic acids is 1. The van der Waals surface area contributed by atoms with Crippen LogP contribution in [0.5, 0.6) is 0 Å². The van der Waals surface area contributed by atoms with Crippen LogP contribution in [0.25, 0.3) is 0 Å². The Morgan fingerprint density at radius 3 is 2.81 bits per heavy atom. The van der Waals surface area contributed by atoms with Crippen molar-refractivity contribution in [3.05, 3.63) is 52.7 Å². The molecule has 0 unspecified atom stereocenters. The number of hydrogen-bond donors (Lipinski definition) is 1. The molecule has 21 heavy (non-hydrogen) atoms. The molecular weight excluding hydrogens is 272 g/mol. The summed E-state index contributed by atoms with van der Waals surface area (Å²) in [5.74, 6) is -0.661. The Labute approximate surface area is 121 Å². The van der Waals surface area contributed by atoms with Crippen molar-refractivity contribution >= 4 is 11.9 Å². The molecule has 2 aromatic rings. The maximum absolute atomic E-state index is 12.4. The summed E-state index contributed by atoms with van der Waals surface area (Å²) in [5.41, 5.74) is 2.50. The second kappa shape index (κ2) is 5.05. The molecule has 0 bridgehead atoms. The van der Waals surface area contributed by atoms with Gasteiger partial charge in [-0.25, -0.2) is 9.78 Å². The number of oxazole rings is 1. The standard InChI is InChI=1S/C15H14N2O4/c1-9-13(16-8-21-9)14(18)17-5-4-10-2-3-11(15(19)20)6-12(10)7-17/h2-3,6,8H,4-5,7H2,1H3,(H,19,20). The molecule has 0 radical (unpaired) electrons. The average molecular weight is 286 g/mol. The number of benzene rings is 1. The summed E-state index contributed by atoms with van der Waals surface area (Å²) in [6, 6.07) is 5.05. The zero-order chi connectivity index (χ0) is 15.0. The number of aromatic nitrogens is 1. The molecule has 108 valence electrons. The molecule has 0 fully saturated rings. The van der Waals surface area contributed by atoms with Gasteiger partial charge in [-0.05, 0) is 36.6 Å². The minimum absolute atomic E-state index is 0.187. The summed E-state index contributed by atoms with van der Waals surface area (Å²) in [6.45, 7) is 2.67. The SMILES string of the molecule is Cc1ocnc1C(=O)N1CCc2ccc(C(=O)O)cc2C1. The van der Waals surface area contributed by atoms with Crippen molar-refractivity contribution in [1.29, 1.82) is 0 Å². The van der Waals surface area contributed by atoms with Crippen LogP contribution in [0.1, 0.15) is 37.7 Å². The Hall–Kier alpha value is -2.63. The number of hydrogen-bond acceptors (Lipinski definition) is 4. The topological polar surface area (TPSA) is 83.6 Å². The predicted molar refractivity (Wildman–Crippen MR) is 73.1 cm³/mol. The minimum Gasteiger partial charge on any atom is -0.478 e. The lowest BCUT2D eigenvalue weighted by atomic mass is 9.97. The van der Waals surface area contributed by atoms with Gasteiger partial charge in [0.2, 0.25) is 0 Å². The molecule has 6 heteroatoms. The molecule has 0 saturated heterocycles. The van der Waals surface area contributed by atoms with E-state index in [1.54, 1.807) is 24.0 Å². The Bertz CT molecular complexity index is 720. The zero-order valence-electron chi connectivity index (χ0n) is 11.5. The van der Waals surface area contributed by atoms with E-state index in [0.29, 0.717) is 31.0 Å². The number of amides is 1. The van der Waals surface area contributed by atoms with Gasteiger partial charge in [-0.3, -0.25) is 4.79 Å². The Morgan fingerprint density at radius 2 is 2.14 bits per heavy atom. The predicted octanol–water partition coefficient (Wildman–Crippen LogP) is 1.88. The fraction of sp³-hybridized carbons (Fsp3) is 0.267. The highest BCUT2D eigenvalue weighted by Gasteiger charge is 2.25. The van der Waals surface area contributed by atoms with Gasteiger partial charge in [0.15, 0.2) is 12.1 Å². The molecular formula is C15H14N2O4. The quantitative estimate of drug-likeness (QED) is 0.911. The lowest BCUT2D eigenvalue weighted by molar-refractivity contribution is 0.0696. The van der Waals surface area contributed by atoms with Crippen molar-refractivity contribution in [2.75, 3.05) is 6.54 Å². The van der Waals surface area contributed by atoms with Gasteiger partial charge in [-0.2, -0.15) is 0 Å². The molecule has 2 heterocycles. The summed E-state index contributed by atoms with van der Waals surface area (Å²) < 4.78 is 5.06. The molecule has 3 rings (SSSR count). The number of carboxylic acid groups (broad SMARTS) is 1. The fourth-order valence-electron chi connectivity index (χ4n) is 2.52. The lowest BCUT2D eigenvalue weighted by Gasteiger charge is -2.28. The van der Waals surface area contributed by atoms with Crippen molar-refractivity contribution in [2.45, 2.75) is 19.9 Å². The first-order chi connectivity index (χ1) is 10.1. The molecule has 0 aliphatic carbocycles. The van der Waals surface area contributed by atoms with Gasteiger partial charge in [-0.15, -0.1) is 0 Å². The largest absolute Gasteiger partial charge is 0.478 e. The van der Waals surface area contributed by atoms with E-state index in [4.69, 9.17) is 9.52 Å². The van der Waals surface area contributed by atoms with Crippen LogP contribution >= 0.6 is 0 Å². The highest BCUT2D eigenvalue weighted by atomic mass is 16.4. The van der Waals surface area contributed by atoms with Gasteiger partial charge < -0.3 is 14.4 Å². The van der Waals surface area contributed by atoms with Crippen LogP contribution < -0.4 is 0 Å². The summed E-state index contributed by atoms with van der Waals surface area (Å²) in [6.07, 6.45) is 1.96. The van der Waals surface area contributed by atoms with E-state index in [1.807, 2.05) is 6.07 Å². The maximum atomic E-state index is 12.4. The number of carboxylic acids is 1. The maximum Gasteiger partial charge on any atom is 0.335 e. The molecule has 0 saturated carbocycles. The van der Waals surface area contributed by atoms with E-state index in [0.717, 1.165) is 11.1 Å². The van der Waals surface area contributed by atoms with Crippen molar-refractivity contribution in [3.63, 3.8) is 0 Å². The Kier molecular flexibility index (Phi) is 3.21. The van der Waals surface area contributed by atoms with Gasteiger partial charge in [0, 0.05) is 13.1 Å². The summed E-state index contributed by atoms with van der Waals surface area (Å²) >= 11 is 0. The molecule has 0 spiro atoms. The highest BCUT2D eigenvalue weighted by molar-refractivity contribution is 5.93. The highest BCUT2D eigenvalue weighted by Crippen LogP contribution is 2.22. The second-order valence-electron chi connectivity index (χ2n) is 5.02. The zero-order valence-corrected chi connectivity index (χ0v) is 11.5. The van der Waals surface area contributed by atoms with Crippen LogP contribution in [0.3, 0.4) is 0 Å². The normalized spacial score (nSPS) is 13.9. The number of rotatable bonds is 2. The van der Waals surface area contributed by atoms with Crippen molar-refractivity contribution in [2.24, 2.45) is 0 Å². The van der Waals surface area contributed by atoms with Crippen molar-refractivity contribution in [3.8, 4) is 0 Å². The fourth-order valence-corrected chi connectivity index (χ4v) is 2.52. The van der Waals surface area contributed by atoms with Crippen LogP contribution in [0.15, 0.2) is 29.0 Å². The van der Waals surface area contributed by atoms with Crippen LogP contribution in [0.2, 0.25) is 0 Å². The minimum atomic E-state index is -0.964. The number of aromatic carboxylic acids is 1. The first kappa shape index (κ1) is 13.4. The number of carbonyl (C=O) groups is 2. The smallest absolute Gasteiger partial charge is 0.335 e. The van der Waals surface area contributed by atoms with Gasteiger partial charge in [0.05, 0.1) is 5.56 Å². The van der Waals surface area contributed by atoms with Crippen LogP contribution in [0.4, 0.5) is 0 Å². The van der Waals surface area contributed by atoms with E-state index in [9.17, 15) is 9.59 Å². The molecule has 1 N–H and O–H groups in total. The number of aryl methyl sites for hydroxylation is 1. The number of fused-ring (bicyclic) bond motifs is 1. The average Bonchev–Trinajstić information content (AvgIpc) is 2.91. The molecule has 1 aromatic heterocycles. The lowest BCUT2D eigenvalue weighted by Crippen LogP contribution is -2.36.